The molecule has 4 N–H and O–H groups in total. The number of aromatic amines is 1. The monoisotopic (exact) mass is 414 g/mol. The van der Waals surface area contributed by atoms with Gasteiger partial charge in [-0.25, -0.2) is 0 Å². The van der Waals surface area contributed by atoms with Crippen molar-refractivity contribution in [2.75, 3.05) is 6.61 Å². The fraction of sp³-hybridized carbons (Fsp3) is 0.375. The van der Waals surface area contributed by atoms with E-state index in [-0.39, 0.29) is 5.56 Å². The average Bonchev–Trinajstić information content (AvgIpc) is 2.76. The molecule has 9 heteroatoms. The van der Waals surface area contributed by atoms with Crippen LogP contribution in [0.4, 0.5) is 0 Å². The van der Waals surface area contributed by atoms with Gasteiger partial charge in [-0.1, -0.05) is 0 Å². The van der Waals surface area contributed by atoms with E-state index in [1.165, 1.54) is 13.1 Å². The van der Waals surface area contributed by atoms with Crippen LogP contribution in [0.25, 0.3) is 11.1 Å². The molecular weight excluding hydrogens is 395 g/mol. The predicted molar refractivity (Wildman–Crippen MR) is 90.5 cm³/mol. The molecule has 0 aliphatic carbocycles. The van der Waals surface area contributed by atoms with Gasteiger partial charge in [0.2, 0.25) is 0 Å². The Morgan fingerprint density at radius 2 is 1.96 bits per heavy atom. The van der Waals surface area contributed by atoms with Gasteiger partial charge in [0.1, 0.15) is 0 Å². The van der Waals surface area contributed by atoms with Gasteiger partial charge in [-0.05, 0) is 0 Å². The van der Waals surface area contributed by atoms with Crippen LogP contribution in [0.2, 0.25) is 0 Å². The molecule has 4 atom stereocenters. The Morgan fingerprint density at radius 3 is 2.52 bits per heavy atom. The predicted octanol–water partition coefficient (Wildman–Crippen LogP) is -1.78. The molecule has 0 saturated carbocycles. The van der Waals surface area contributed by atoms with Gasteiger partial charge in [0.05, 0.1) is 0 Å². The molecule has 8 nitrogen and oxygen atoms in total. The van der Waals surface area contributed by atoms with Crippen LogP contribution in [-0.4, -0.2) is 64.2 Å². The summed E-state index contributed by atoms with van der Waals surface area (Å²) in [7, 11) is 0. The van der Waals surface area contributed by atoms with Crippen molar-refractivity contribution in [2.24, 2.45) is 0 Å². The summed E-state index contributed by atoms with van der Waals surface area (Å²) < 4.78 is 4.68. The summed E-state index contributed by atoms with van der Waals surface area (Å²) in [5.41, 5.74) is -2.32. The zero-order valence-electron chi connectivity index (χ0n) is 13.3. The van der Waals surface area contributed by atoms with Crippen LogP contribution in [0.15, 0.2) is 46.1 Å². The van der Waals surface area contributed by atoms with E-state index in [0.29, 0.717) is 5.56 Å². The normalized spacial score (nSPS) is 32.0. The number of aliphatic hydroxyl groups excluding tert-OH is 2. The van der Waals surface area contributed by atoms with E-state index in [1.807, 2.05) is 16.0 Å². The number of benzene rings is 1. The van der Waals surface area contributed by atoms with Crippen LogP contribution >= 0.6 is 0 Å². The van der Waals surface area contributed by atoms with Crippen molar-refractivity contribution in [2.45, 2.75) is 29.4 Å². The third kappa shape index (κ3) is 2.69. The Bertz CT molecular complexity index is 893. The minimum absolute atomic E-state index is 0.204. The second kappa shape index (κ2) is 6.21. The molecule has 1 aliphatic rings. The van der Waals surface area contributed by atoms with Gasteiger partial charge in [0.25, 0.3) is 0 Å². The summed E-state index contributed by atoms with van der Waals surface area (Å²) in [6.07, 6.45) is -1.25. The number of ether oxygens (including phenoxy) is 1. The molecule has 1 aromatic carbocycles. The molecule has 25 heavy (non-hydrogen) atoms. The van der Waals surface area contributed by atoms with Crippen molar-refractivity contribution < 1.29 is 20.1 Å². The number of nitrogens with one attached hydrogen (secondary N) is 1. The van der Waals surface area contributed by atoms with Gasteiger partial charge in [-0.15, -0.1) is 0 Å². The van der Waals surface area contributed by atoms with Gasteiger partial charge >= 0.3 is 150 Å². The molecule has 2 aromatic rings. The Kier molecular flexibility index (Phi) is 4.48. The third-order valence-corrected chi connectivity index (χ3v) is 5.92. The molecule has 1 saturated heterocycles. The fourth-order valence-electron chi connectivity index (χ4n) is 2.96. The van der Waals surface area contributed by atoms with Crippen LogP contribution in [0, 0.1) is 0 Å². The van der Waals surface area contributed by atoms with E-state index < -0.39 is 40.3 Å². The molecule has 0 amide bonds. The summed E-state index contributed by atoms with van der Waals surface area (Å²) in [6, 6.07) is 8.69. The zero-order chi connectivity index (χ0) is 18.4. The SMILES string of the molecule is C[C@@]1(n2cc(-c3ccccc3)c(=O)[nH]c2=O)O[C@H](CO)[C@@H](O)[C@]1(O)[SeH]. The summed E-state index contributed by atoms with van der Waals surface area (Å²) in [6.45, 7) is 0.860. The van der Waals surface area contributed by atoms with Crippen LogP contribution in [0.1, 0.15) is 6.92 Å². The third-order valence-electron chi connectivity index (χ3n) is 4.49. The molecule has 3 rings (SSSR count). The number of aromatic nitrogens is 2. The summed E-state index contributed by atoms with van der Waals surface area (Å²) >= 11 is 1.87. The summed E-state index contributed by atoms with van der Waals surface area (Å²) in [5.74, 6) is 0. The first-order chi connectivity index (χ1) is 11.7. The van der Waals surface area contributed by atoms with Crippen molar-refractivity contribution >= 4 is 16.0 Å². The topological polar surface area (TPSA) is 125 Å². The van der Waals surface area contributed by atoms with Crippen molar-refractivity contribution in [3.63, 3.8) is 0 Å². The van der Waals surface area contributed by atoms with E-state index in [1.54, 1.807) is 30.3 Å². The Morgan fingerprint density at radius 1 is 1.32 bits per heavy atom. The van der Waals surface area contributed by atoms with Crippen molar-refractivity contribution in [3.8, 4) is 11.1 Å². The number of nitrogens with zero attached hydrogens (tertiary/aromatic N) is 1. The fourth-order valence-corrected chi connectivity index (χ4v) is 3.65. The van der Waals surface area contributed by atoms with Gasteiger partial charge in [-0.2, -0.15) is 0 Å². The Labute approximate surface area is 150 Å². The molecule has 1 aliphatic heterocycles. The number of hydrogen-bond acceptors (Lipinski definition) is 6. The first-order valence-corrected chi connectivity index (χ1v) is 8.49. The molecule has 0 unspecified atom stereocenters. The standard InChI is InChI=1S/C16H18N2O6Se/c1-15(16(23,25)12(20)11(8-19)24-15)18-7-10(13(21)17-14(18)22)9-5-3-2-4-6-9/h2-7,11-12,19-20,23,25H,8H2,1H3,(H,17,21,22)/t11-,12-,15-,16+/m1/s1. The van der Waals surface area contributed by atoms with E-state index in [2.05, 4.69) is 4.98 Å². The Balaban J connectivity index is 2.21. The molecule has 0 spiro atoms. The molecule has 0 bridgehead atoms. The van der Waals surface area contributed by atoms with Gasteiger partial charge < -0.3 is 0 Å². The van der Waals surface area contributed by atoms with E-state index in [0.717, 1.165) is 4.57 Å². The van der Waals surface area contributed by atoms with Crippen LogP contribution in [-0.2, 0) is 10.5 Å². The van der Waals surface area contributed by atoms with Gasteiger partial charge in [-0.3, -0.25) is 0 Å². The quantitative estimate of drug-likeness (QED) is 0.441. The number of H-pyrrole nitrogens is 1. The summed E-state index contributed by atoms with van der Waals surface area (Å²) in [4.78, 5) is 26.8. The molecule has 0 radical (unpaired) electrons. The molecule has 2 heterocycles. The molecule has 1 aromatic heterocycles. The van der Waals surface area contributed by atoms with Crippen LogP contribution in [0.5, 0.6) is 0 Å². The second-order valence-electron chi connectivity index (χ2n) is 6.03. The van der Waals surface area contributed by atoms with Crippen molar-refractivity contribution in [3.05, 3.63) is 57.4 Å². The first-order valence-electron chi connectivity index (χ1n) is 7.55. The second-order valence-corrected chi connectivity index (χ2v) is 7.46. The van der Waals surface area contributed by atoms with Gasteiger partial charge in [0.15, 0.2) is 0 Å². The van der Waals surface area contributed by atoms with E-state index in [4.69, 9.17) is 4.74 Å². The van der Waals surface area contributed by atoms with Crippen LogP contribution in [0.3, 0.4) is 0 Å². The Hall–Kier alpha value is -1.74. The average molecular weight is 413 g/mol. The number of hydrogen-bond donors (Lipinski definition) is 4. The van der Waals surface area contributed by atoms with Crippen molar-refractivity contribution in [1.82, 2.24) is 9.55 Å². The van der Waals surface area contributed by atoms with E-state index >= 15 is 0 Å². The molecular formula is C16H18N2O6Se. The van der Waals surface area contributed by atoms with Crippen molar-refractivity contribution in [1.29, 1.82) is 0 Å². The maximum absolute atomic E-state index is 12.4. The maximum atomic E-state index is 12.4. The molecule has 134 valence electrons. The summed E-state index contributed by atoms with van der Waals surface area (Å²) in [5, 5.41) is 30.3. The first kappa shape index (κ1) is 18.1. The number of rotatable bonds is 3. The van der Waals surface area contributed by atoms with Crippen LogP contribution < -0.4 is 11.2 Å². The minimum atomic E-state index is -1.94. The zero-order valence-corrected chi connectivity index (χ0v) is 15.2. The van der Waals surface area contributed by atoms with E-state index in [9.17, 15) is 24.9 Å². The number of aliphatic hydroxyl groups is 3. The molecule has 1 fully saturated rings. The van der Waals surface area contributed by atoms with Gasteiger partial charge in [0, 0.05) is 0 Å².